The molecule has 298 valence electrons. The van der Waals surface area contributed by atoms with Crippen LogP contribution in [0.1, 0.15) is 49.4 Å². The van der Waals surface area contributed by atoms with E-state index in [1.165, 1.54) is 49.6 Å². The van der Waals surface area contributed by atoms with Gasteiger partial charge in [0.25, 0.3) is 5.91 Å². The molecule has 0 aliphatic heterocycles. The molecule has 2 aromatic carbocycles. The molecule has 2 fully saturated rings. The van der Waals surface area contributed by atoms with Crippen LogP contribution in [0.15, 0.2) is 53.7 Å². The first-order valence-corrected chi connectivity index (χ1v) is 19.5. The lowest BCUT2D eigenvalue weighted by Gasteiger charge is -2.52. The number of likely N-dealkylation sites (N-methyl/N-ethyl adjacent to an activating group) is 1. The second kappa shape index (κ2) is 15.3. The van der Waals surface area contributed by atoms with E-state index < -0.39 is 86.0 Å². The number of aliphatic hydroxyl groups is 1. The lowest BCUT2D eigenvalue weighted by Crippen LogP contribution is -2.74. The van der Waals surface area contributed by atoms with Crippen LogP contribution in [-0.2, 0) is 42.2 Å². The number of hydrogen-bond acceptors (Lipinski definition) is 13. The van der Waals surface area contributed by atoms with E-state index in [0.29, 0.717) is 16.8 Å². The number of primary amides is 1. The van der Waals surface area contributed by atoms with E-state index in [0.717, 1.165) is 5.56 Å². The Bertz CT molecular complexity index is 2400. The first-order valence-electron chi connectivity index (χ1n) is 18.0. The van der Waals surface area contributed by atoms with Crippen molar-refractivity contribution < 1.29 is 47.4 Å². The van der Waals surface area contributed by atoms with Gasteiger partial charge in [-0.25, -0.2) is 8.42 Å². The summed E-state index contributed by atoms with van der Waals surface area (Å²) in [4.78, 5) is 88.4. The van der Waals surface area contributed by atoms with Gasteiger partial charge in [-0.2, -0.15) is 4.72 Å². The molecule has 0 saturated heterocycles. The maximum absolute atomic E-state index is 14.3. The number of Topliss-reactive ketones (excluding diaryl/α,β-unsaturated/α-hetero) is 4. The number of aromatic nitrogens is 1. The molecule has 3 aliphatic carbocycles. The quantitative estimate of drug-likeness (QED) is 0.140. The average Bonchev–Trinajstić information content (AvgIpc) is 3.14. The molecule has 6 N–H and O–H groups in total. The lowest BCUT2D eigenvalue weighted by atomic mass is 9.52. The molecular weight excluding hydrogens is 757 g/mol. The number of aromatic hydroxyl groups is 1. The number of nitrogens with one attached hydrogen (secondary N) is 2. The summed E-state index contributed by atoms with van der Waals surface area (Å²) >= 11 is 0. The molecule has 6 atom stereocenters. The Morgan fingerprint density at radius 2 is 1.72 bits per heavy atom. The van der Waals surface area contributed by atoms with E-state index in [9.17, 15) is 47.4 Å². The summed E-state index contributed by atoms with van der Waals surface area (Å²) < 4.78 is 27.5. The fraction of sp³-hybridized carbons (Fsp3) is 0.375. The number of phenols is 1. The molecule has 2 saturated carbocycles. The smallest absolute Gasteiger partial charge is 0.253 e. The van der Waals surface area contributed by atoms with Crippen molar-refractivity contribution in [3.8, 4) is 17.6 Å². The Labute approximate surface area is 328 Å². The van der Waals surface area contributed by atoms with Gasteiger partial charge in [0.05, 0.1) is 34.5 Å². The topological polar surface area (TPSA) is 246 Å². The minimum absolute atomic E-state index is 0.0758. The average molecular weight is 799 g/mol. The van der Waals surface area contributed by atoms with Crippen LogP contribution >= 0.6 is 0 Å². The van der Waals surface area contributed by atoms with Crippen molar-refractivity contribution in [2.24, 2.45) is 29.4 Å². The Kier molecular flexibility index (Phi) is 10.9. The van der Waals surface area contributed by atoms with Crippen LogP contribution in [0.25, 0.3) is 0 Å². The molecule has 3 aliphatic rings. The van der Waals surface area contributed by atoms with Crippen LogP contribution in [0.4, 0.5) is 5.69 Å². The molecule has 0 radical (unpaired) electrons. The van der Waals surface area contributed by atoms with Gasteiger partial charge >= 0.3 is 0 Å². The highest BCUT2D eigenvalue weighted by Crippen LogP contribution is 2.52. The molecule has 1 heterocycles. The number of anilines is 1. The predicted molar refractivity (Wildman–Crippen MR) is 204 cm³/mol. The molecular formula is C40H42N6O10S. The van der Waals surface area contributed by atoms with Gasteiger partial charge in [-0.1, -0.05) is 29.5 Å². The van der Waals surface area contributed by atoms with E-state index >= 15 is 0 Å². The van der Waals surface area contributed by atoms with Crippen LogP contribution < -0.4 is 20.7 Å². The Morgan fingerprint density at radius 1 is 1.04 bits per heavy atom. The van der Waals surface area contributed by atoms with Gasteiger partial charge in [0, 0.05) is 55.8 Å². The summed E-state index contributed by atoms with van der Waals surface area (Å²) in [6.45, 7) is 1.36. The van der Waals surface area contributed by atoms with Gasteiger partial charge in [0.15, 0.2) is 34.7 Å². The maximum atomic E-state index is 14.3. The van der Waals surface area contributed by atoms with Gasteiger partial charge in [0.2, 0.25) is 15.9 Å². The number of fused-ring (bicyclic) bond motifs is 3. The summed E-state index contributed by atoms with van der Waals surface area (Å²) in [6, 6.07) is 8.17. The van der Waals surface area contributed by atoms with Gasteiger partial charge in [0.1, 0.15) is 5.75 Å². The number of nitrogens with zero attached hydrogens (tertiary/aromatic N) is 3. The summed E-state index contributed by atoms with van der Waals surface area (Å²) in [5, 5.41) is 26.1. The van der Waals surface area contributed by atoms with Crippen LogP contribution in [0, 0.1) is 42.4 Å². The maximum Gasteiger partial charge on any atom is 0.253 e. The number of hydrogen-bond donors (Lipinski definition) is 5. The number of amides is 2. The zero-order valence-electron chi connectivity index (χ0n) is 31.8. The second-order valence-electron chi connectivity index (χ2n) is 15.0. The standard InChI is InChI=1S/C40H42N6O10S/c1-20-8-10-25(11-9-20)57(55,56)44-12-6-7-21-13-24(18-42-17-21)39(53)43-19-23-16-28(45(2)3)26-14-22-15-27-32(46(4)5)35(49)31(38(41)52)37(51)40(27,54)36(50)29(22)34(48)30(26)33(23)47/h8-11,13,16-18,22,27,29,31-32,44,47,54H,12,14-15,19H2,1-5H3,(H2,41,52)(H,43,53)/t22?,27?,29?,31?,32-,40-/m0/s1. The number of pyridine rings is 1. The van der Waals surface area contributed by atoms with Crippen molar-refractivity contribution >= 4 is 50.7 Å². The third kappa shape index (κ3) is 7.21. The second-order valence-corrected chi connectivity index (χ2v) is 16.8. The summed E-state index contributed by atoms with van der Waals surface area (Å²) in [5.74, 6) is -6.79. The Balaban J connectivity index is 1.23. The third-order valence-electron chi connectivity index (χ3n) is 11.0. The van der Waals surface area contributed by atoms with E-state index in [4.69, 9.17) is 5.73 Å². The zero-order chi connectivity index (χ0) is 41.7. The first-order chi connectivity index (χ1) is 26.8. The SMILES string of the molecule is Cc1ccc(S(=O)(=O)NCC#Cc2cncc(C(=O)NCc3cc(N(C)C)c4c(c3O)C(=O)C3C(=O)[C@]5(O)C(=O)C(C(N)=O)C(=O)[C@@H](N(C)C)C5CC3C4)c2)cc1. The predicted octanol–water partition coefficient (Wildman–Crippen LogP) is -0.104. The molecule has 6 rings (SSSR count). The Hall–Kier alpha value is -5.80. The number of carbonyl (C=O) groups is 6. The van der Waals surface area contributed by atoms with Gasteiger partial charge < -0.3 is 26.2 Å². The normalized spacial score (nSPS) is 24.2. The van der Waals surface area contributed by atoms with E-state index in [2.05, 4.69) is 26.9 Å². The number of benzene rings is 2. The van der Waals surface area contributed by atoms with Crippen molar-refractivity contribution in [1.82, 2.24) is 19.9 Å². The van der Waals surface area contributed by atoms with Crippen molar-refractivity contribution in [1.29, 1.82) is 0 Å². The van der Waals surface area contributed by atoms with Crippen LogP contribution in [0.2, 0.25) is 0 Å². The van der Waals surface area contributed by atoms with E-state index in [1.54, 1.807) is 37.2 Å². The lowest BCUT2D eigenvalue weighted by molar-refractivity contribution is -0.181. The number of rotatable bonds is 9. The van der Waals surface area contributed by atoms with Crippen molar-refractivity contribution in [2.75, 3.05) is 39.6 Å². The Morgan fingerprint density at radius 3 is 2.35 bits per heavy atom. The fourth-order valence-electron chi connectivity index (χ4n) is 8.23. The summed E-state index contributed by atoms with van der Waals surface area (Å²) in [7, 11) is 2.68. The zero-order valence-corrected chi connectivity index (χ0v) is 32.6. The van der Waals surface area contributed by atoms with Crippen LogP contribution in [-0.4, -0.2) is 110 Å². The molecule has 57 heavy (non-hydrogen) atoms. The van der Waals surface area contributed by atoms with Gasteiger partial charge in [-0.15, -0.1) is 0 Å². The van der Waals surface area contributed by atoms with E-state index in [-0.39, 0.29) is 47.5 Å². The third-order valence-corrected chi connectivity index (χ3v) is 12.4. The summed E-state index contributed by atoms with van der Waals surface area (Å²) in [5.41, 5.74) is 4.74. The van der Waals surface area contributed by atoms with Gasteiger partial charge in [-0.3, -0.25) is 38.7 Å². The molecule has 17 heteroatoms. The minimum atomic E-state index is -3.78. The van der Waals surface area contributed by atoms with Crippen LogP contribution in [0.5, 0.6) is 5.75 Å². The van der Waals surface area contributed by atoms with Gasteiger partial charge in [-0.05, 0) is 69.6 Å². The molecule has 4 unspecified atom stereocenters. The van der Waals surface area contributed by atoms with Crippen LogP contribution in [0.3, 0.4) is 0 Å². The fourth-order valence-corrected chi connectivity index (χ4v) is 9.15. The minimum Gasteiger partial charge on any atom is -0.507 e. The molecule has 3 aromatic rings. The largest absolute Gasteiger partial charge is 0.507 e. The van der Waals surface area contributed by atoms with Crippen molar-refractivity contribution in [3.63, 3.8) is 0 Å². The number of phenolic OH excluding ortho intramolecular Hbond substituents is 1. The molecule has 0 bridgehead atoms. The van der Waals surface area contributed by atoms with Crippen molar-refractivity contribution in [2.45, 2.75) is 42.8 Å². The summed E-state index contributed by atoms with van der Waals surface area (Å²) in [6.07, 6.45) is 2.68. The molecule has 16 nitrogen and oxygen atoms in total. The molecule has 0 spiro atoms. The van der Waals surface area contributed by atoms with Crippen molar-refractivity contribution in [3.05, 3.63) is 82.2 Å². The van der Waals surface area contributed by atoms with E-state index in [1.807, 2.05) is 6.92 Å². The monoisotopic (exact) mass is 798 g/mol. The number of carbonyl (C=O) groups excluding carboxylic acids is 6. The number of sulfonamides is 1. The molecule has 2 amide bonds. The number of nitrogens with two attached hydrogens (primary N) is 1. The highest BCUT2D eigenvalue weighted by atomic mass is 32.2. The highest BCUT2D eigenvalue weighted by Gasteiger charge is 2.69. The number of aryl methyl sites for hydroxylation is 1. The highest BCUT2D eigenvalue weighted by molar-refractivity contribution is 7.89. The first kappa shape index (κ1) is 40.9. The molecule has 1 aromatic heterocycles. The number of ketones is 4.